The average Bonchev–Trinajstić information content (AvgIpc) is 2.50. The van der Waals surface area contributed by atoms with Gasteiger partial charge >= 0.3 is 6.03 Å². The summed E-state index contributed by atoms with van der Waals surface area (Å²) in [4.78, 5) is 18.3. The number of pyridine rings is 1. The number of rotatable bonds is 1. The molecule has 3 rings (SSSR count). The lowest BCUT2D eigenvalue weighted by atomic mass is 10.1. The number of amides is 2. The third-order valence-corrected chi connectivity index (χ3v) is 4.17. The van der Waals surface area contributed by atoms with Crippen LogP contribution in [-0.2, 0) is 13.0 Å². The Morgan fingerprint density at radius 1 is 1.24 bits per heavy atom. The summed E-state index contributed by atoms with van der Waals surface area (Å²) in [6, 6.07) is 8.83. The average molecular weight is 322 g/mol. The van der Waals surface area contributed by atoms with Crippen LogP contribution >= 0.6 is 23.2 Å². The van der Waals surface area contributed by atoms with Gasteiger partial charge in [0.1, 0.15) is 0 Å². The fourth-order valence-electron chi connectivity index (χ4n) is 2.31. The van der Waals surface area contributed by atoms with Crippen LogP contribution in [0.4, 0.5) is 10.5 Å². The lowest BCUT2D eigenvalue weighted by Crippen LogP contribution is -2.39. The number of hydrogen-bond donors (Lipinski definition) is 1. The monoisotopic (exact) mass is 321 g/mol. The van der Waals surface area contributed by atoms with Crippen LogP contribution in [0.15, 0.2) is 36.5 Å². The summed E-state index contributed by atoms with van der Waals surface area (Å²) in [5, 5.41) is 3.71. The normalized spacial score (nSPS) is 13.7. The van der Waals surface area contributed by atoms with E-state index < -0.39 is 0 Å². The van der Waals surface area contributed by atoms with Crippen molar-refractivity contribution in [1.29, 1.82) is 0 Å². The molecule has 0 fully saturated rings. The van der Waals surface area contributed by atoms with Crippen molar-refractivity contribution in [3.8, 4) is 0 Å². The Kier molecular flexibility index (Phi) is 3.99. The molecule has 0 saturated heterocycles. The number of carbonyl (C=O) groups is 1. The Labute approximate surface area is 132 Å². The smallest absolute Gasteiger partial charge is 0.318 e. The molecular weight excluding hydrogens is 309 g/mol. The van der Waals surface area contributed by atoms with E-state index in [1.807, 2.05) is 6.07 Å². The maximum atomic E-state index is 12.3. The SMILES string of the molecule is O=C(Nc1ccc(Cl)c(Cl)c1)N1CCc2cccnc2C1. The van der Waals surface area contributed by atoms with Gasteiger partial charge in [0.2, 0.25) is 0 Å². The molecule has 0 radical (unpaired) electrons. The van der Waals surface area contributed by atoms with E-state index in [0.717, 1.165) is 12.1 Å². The molecule has 0 aliphatic carbocycles. The van der Waals surface area contributed by atoms with Crippen LogP contribution in [0.5, 0.6) is 0 Å². The first-order chi connectivity index (χ1) is 10.1. The molecule has 2 amide bonds. The molecule has 0 saturated carbocycles. The topological polar surface area (TPSA) is 45.2 Å². The summed E-state index contributed by atoms with van der Waals surface area (Å²) in [6.45, 7) is 1.19. The van der Waals surface area contributed by atoms with Gasteiger partial charge in [0.25, 0.3) is 0 Å². The predicted octanol–water partition coefficient (Wildman–Crippen LogP) is 3.98. The molecule has 0 bridgehead atoms. The highest BCUT2D eigenvalue weighted by molar-refractivity contribution is 6.42. The molecule has 0 unspecified atom stereocenters. The van der Waals surface area contributed by atoms with Crippen LogP contribution in [0.2, 0.25) is 10.0 Å². The molecule has 2 aromatic rings. The van der Waals surface area contributed by atoms with E-state index in [0.29, 0.717) is 28.8 Å². The van der Waals surface area contributed by atoms with Gasteiger partial charge < -0.3 is 10.2 Å². The molecule has 108 valence electrons. The van der Waals surface area contributed by atoms with E-state index in [4.69, 9.17) is 23.2 Å². The van der Waals surface area contributed by atoms with Crippen molar-refractivity contribution in [1.82, 2.24) is 9.88 Å². The number of urea groups is 1. The minimum Gasteiger partial charge on any atom is -0.318 e. The van der Waals surface area contributed by atoms with Crippen molar-refractivity contribution in [2.45, 2.75) is 13.0 Å². The maximum absolute atomic E-state index is 12.3. The summed E-state index contributed by atoms with van der Waals surface area (Å²) >= 11 is 11.8. The van der Waals surface area contributed by atoms with E-state index >= 15 is 0 Å². The number of nitrogens with zero attached hydrogens (tertiary/aromatic N) is 2. The van der Waals surface area contributed by atoms with E-state index in [1.165, 1.54) is 5.56 Å². The molecule has 4 nitrogen and oxygen atoms in total. The summed E-state index contributed by atoms with van der Waals surface area (Å²) in [7, 11) is 0. The van der Waals surface area contributed by atoms with Crippen LogP contribution in [0, 0.1) is 0 Å². The third kappa shape index (κ3) is 3.12. The van der Waals surface area contributed by atoms with Gasteiger partial charge in [-0.2, -0.15) is 0 Å². The van der Waals surface area contributed by atoms with Crippen molar-refractivity contribution in [2.75, 3.05) is 11.9 Å². The van der Waals surface area contributed by atoms with Gasteiger partial charge in [0, 0.05) is 18.4 Å². The van der Waals surface area contributed by atoms with E-state index in [-0.39, 0.29) is 6.03 Å². The van der Waals surface area contributed by atoms with E-state index in [9.17, 15) is 4.79 Å². The minimum atomic E-state index is -0.162. The standard InChI is InChI=1S/C15H13Cl2N3O/c16-12-4-3-11(8-13(12)17)19-15(21)20-7-5-10-2-1-6-18-14(10)9-20/h1-4,6,8H,5,7,9H2,(H,19,21). The van der Waals surface area contributed by atoms with Gasteiger partial charge in [0.15, 0.2) is 0 Å². The van der Waals surface area contributed by atoms with Crippen LogP contribution < -0.4 is 5.32 Å². The predicted molar refractivity (Wildman–Crippen MR) is 83.8 cm³/mol. The highest BCUT2D eigenvalue weighted by Gasteiger charge is 2.21. The van der Waals surface area contributed by atoms with Gasteiger partial charge in [-0.05, 0) is 36.2 Å². The van der Waals surface area contributed by atoms with Gasteiger partial charge in [-0.1, -0.05) is 29.3 Å². The number of fused-ring (bicyclic) bond motifs is 1. The maximum Gasteiger partial charge on any atom is 0.322 e. The molecular formula is C15H13Cl2N3O. The molecule has 0 atom stereocenters. The second-order valence-corrected chi connectivity index (χ2v) is 5.65. The van der Waals surface area contributed by atoms with E-state index in [2.05, 4.69) is 16.4 Å². The third-order valence-electron chi connectivity index (χ3n) is 3.43. The Balaban J connectivity index is 1.70. The van der Waals surface area contributed by atoms with E-state index in [1.54, 1.807) is 29.3 Å². The van der Waals surface area contributed by atoms with Crippen molar-refractivity contribution < 1.29 is 4.79 Å². The van der Waals surface area contributed by atoms with Crippen LogP contribution in [-0.4, -0.2) is 22.5 Å². The molecule has 2 heterocycles. The number of hydrogen-bond acceptors (Lipinski definition) is 2. The van der Waals surface area contributed by atoms with Crippen LogP contribution in [0.3, 0.4) is 0 Å². The second kappa shape index (κ2) is 5.92. The molecule has 1 N–H and O–H groups in total. The van der Waals surface area contributed by atoms with Crippen molar-refractivity contribution in [3.05, 3.63) is 57.8 Å². The van der Waals surface area contributed by atoms with Gasteiger partial charge in [-0.3, -0.25) is 4.98 Å². The Morgan fingerprint density at radius 3 is 2.90 bits per heavy atom. The number of benzene rings is 1. The fraction of sp³-hybridized carbons (Fsp3) is 0.200. The Morgan fingerprint density at radius 2 is 2.10 bits per heavy atom. The second-order valence-electron chi connectivity index (χ2n) is 4.84. The minimum absolute atomic E-state index is 0.162. The quantitative estimate of drug-likeness (QED) is 0.863. The summed E-state index contributed by atoms with van der Waals surface area (Å²) < 4.78 is 0. The highest BCUT2D eigenvalue weighted by atomic mass is 35.5. The molecule has 1 aliphatic heterocycles. The van der Waals surface area contributed by atoms with Gasteiger partial charge in [0.05, 0.1) is 22.3 Å². The lowest BCUT2D eigenvalue weighted by molar-refractivity contribution is 0.205. The largest absolute Gasteiger partial charge is 0.322 e. The van der Waals surface area contributed by atoms with Crippen LogP contribution in [0.25, 0.3) is 0 Å². The lowest BCUT2D eigenvalue weighted by Gasteiger charge is -2.28. The van der Waals surface area contributed by atoms with Crippen LogP contribution in [0.1, 0.15) is 11.3 Å². The van der Waals surface area contributed by atoms with Gasteiger partial charge in [-0.25, -0.2) is 4.79 Å². The Hall–Kier alpha value is -1.78. The molecule has 1 aromatic carbocycles. The summed E-state index contributed by atoms with van der Waals surface area (Å²) in [5.41, 5.74) is 2.78. The number of nitrogens with one attached hydrogen (secondary N) is 1. The molecule has 0 spiro atoms. The highest BCUT2D eigenvalue weighted by Crippen LogP contribution is 2.25. The fourth-order valence-corrected chi connectivity index (χ4v) is 2.60. The number of anilines is 1. The Bertz CT molecular complexity index is 690. The first-order valence-electron chi connectivity index (χ1n) is 6.57. The molecule has 1 aromatic heterocycles. The molecule has 21 heavy (non-hydrogen) atoms. The van der Waals surface area contributed by atoms with Crippen molar-refractivity contribution in [3.63, 3.8) is 0 Å². The number of carbonyl (C=O) groups excluding carboxylic acids is 1. The summed E-state index contributed by atoms with van der Waals surface area (Å²) in [6.07, 6.45) is 2.57. The summed E-state index contributed by atoms with van der Waals surface area (Å²) in [5.74, 6) is 0. The molecule has 6 heteroatoms. The molecule has 1 aliphatic rings. The van der Waals surface area contributed by atoms with Gasteiger partial charge in [-0.15, -0.1) is 0 Å². The zero-order chi connectivity index (χ0) is 14.8. The van der Waals surface area contributed by atoms with Crippen molar-refractivity contribution >= 4 is 34.9 Å². The first-order valence-corrected chi connectivity index (χ1v) is 7.33. The zero-order valence-corrected chi connectivity index (χ0v) is 12.7. The zero-order valence-electron chi connectivity index (χ0n) is 11.1. The first kappa shape index (κ1) is 14.2. The number of aromatic nitrogens is 1. The number of halogens is 2. The van der Waals surface area contributed by atoms with Crippen molar-refractivity contribution in [2.24, 2.45) is 0 Å².